The molecule has 0 bridgehead atoms. The van der Waals surface area contributed by atoms with E-state index in [4.69, 9.17) is 5.26 Å². The highest BCUT2D eigenvalue weighted by Gasteiger charge is 2.13. The highest BCUT2D eigenvalue weighted by molar-refractivity contribution is 7.07. The van der Waals surface area contributed by atoms with Crippen molar-refractivity contribution >= 4 is 22.7 Å². The number of anilines is 1. The van der Waals surface area contributed by atoms with Crippen molar-refractivity contribution in [1.29, 1.82) is 5.26 Å². The summed E-state index contributed by atoms with van der Waals surface area (Å²) in [4.78, 5) is 10.1. The van der Waals surface area contributed by atoms with Crippen molar-refractivity contribution in [3.63, 3.8) is 0 Å². The number of nitrogens with zero attached hydrogens (tertiary/aromatic N) is 2. The molecule has 90 valence electrons. The second kappa shape index (κ2) is 5.29. The van der Waals surface area contributed by atoms with Crippen LogP contribution in [-0.4, -0.2) is 4.92 Å². The maximum absolute atomic E-state index is 10.7. The van der Waals surface area contributed by atoms with Gasteiger partial charge in [0, 0.05) is 18.3 Å². The number of thiophene rings is 1. The fourth-order valence-corrected chi connectivity index (χ4v) is 2.16. The summed E-state index contributed by atoms with van der Waals surface area (Å²) in [6, 6.07) is 8.26. The van der Waals surface area contributed by atoms with Crippen LogP contribution in [0.25, 0.3) is 0 Å². The van der Waals surface area contributed by atoms with Gasteiger partial charge in [-0.3, -0.25) is 10.1 Å². The van der Waals surface area contributed by atoms with Gasteiger partial charge in [0.2, 0.25) is 0 Å². The molecule has 0 aliphatic rings. The van der Waals surface area contributed by atoms with E-state index in [0.29, 0.717) is 12.2 Å². The molecule has 0 atom stereocenters. The molecule has 0 amide bonds. The normalized spacial score (nSPS) is 9.72. The van der Waals surface area contributed by atoms with Crippen LogP contribution < -0.4 is 5.32 Å². The minimum atomic E-state index is -0.554. The number of nitro benzene ring substituents is 1. The van der Waals surface area contributed by atoms with Crippen LogP contribution in [0.1, 0.15) is 11.1 Å². The highest BCUT2D eigenvalue weighted by atomic mass is 32.1. The van der Waals surface area contributed by atoms with Crippen LogP contribution in [0.3, 0.4) is 0 Å². The quantitative estimate of drug-likeness (QED) is 0.675. The van der Waals surface area contributed by atoms with E-state index in [2.05, 4.69) is 5.32 Å². The average Bonchev–Trinajstić information content (AvgIpc) is 2.88. The Balaban J connectivity index is 2.15. The van der Waals surface area contributed by atoms with Gasteiger partial charge >= 0.3 is 0 Å². The first-order chi connectivity index (χ1) is 8.70. The Morgan fingerprint density at radius 2 is 2.28 bits per heavy atom. The lowest BCUT2D eigenvalue weighted by Crippen LogP contribution is -1.99. The smallest absolute Gasteiger partial charge is 0.287 e. The summed E-state index contributed by atoms with van der Waals surface area (Å²) in [5.74, 6) is 0. The zero-order valence-electron chi connectivity index (χ0n) is 9.29. The number of rotatable bonds is 4. The van der Waals surface area contributed by atoms with E-state index in [1.165, 1.54) is 12.1 Å². The van der Waals surface area contributed by atoms with Crippen molar-refractivity contribution in [2.24, 2.45) is 0 Å². The molecule has 2 aromatic rings. The van der Waals surface area contributed by atoms with Gasteiger partial charge in [-0.05, 0) is 34.5 Å². The lowest BCUT2D eigenvalue weighted by atomic mass is 10.1. The lowest BCUT2D eigenvalue weighted by Gasteiger charge is -2.05. The number of nitro groups is 1. The Labute approximate surface area is 107 Å². The third-order valence-corrected chi connectivity index (χ3v) is 3.12. The highest BCUT2D eigenvalue weighted by Crippen LogP contribution is 2.22. The van der Waals surface area contributed by atoms with Crippen LogP contribution in [0, 0.1) is 21.4 Å². The van der Waals surface area contributed by atoms with Crippen molar-refractivity contribution in [2.45, 2.75) is 6.54 Å². The molecule has 1 aromatic carbocycles. The number of benzene rings is 1. The monoisotopic (exact) mass is 259 g/mol. The molecule has 1 aromatic heterocycles. The second-order valence-corrected chi connectivity index (χ2v) is 4.37. The summed E-state index contributed by atoms with van der Waals surface area (Å²) in [6.07, 6.45) is 0. The summed E-state index contributed by atoms with van der Waals surface area (Å²) in [6.45, 7) is 0.631. The minimum absolute atomic E-state index is 0.0651. The van der Waals surface area contributed by atoms with Gasteiger partial charge in [0.25, 0.3) is 5.69 Å². The SMILES string of the molecule is N#Cc1cc(NCc2ccsc2)ccc1[N+](=O)[O-]. The lowest BCUT2D eigenvalue weighted by molar-refractivity contribution is -0.385. The summed E-state index contributed by atoms with van der Waals surface area (Å²) in [5, 5.41) is 26.7. The van der Waals surface area contributed by atoms with E-state index >= 15 is 0 Å². The molecule has 0 aliphatic carbocycles. The zero-order chi connectivity index (χ0) is 13.0. The largest absolute Gasteiger partial charge is 0.381 e. The van der Waals surface area contributed by atoms with E-state index in [1.54, 1.807) is 17.4 Å². The predicted octanol–water partition coefficient (Wildman–Crippen LogP) is 3.14. The van der Waals surface area contributed by atoms with E-state index in [0.717, 1.165) is 5.56 Å². The first-order valence-electron chi connectivity index (χ1n) is 5.14. The van der Waals surface area contributed by atoms with E-state index in [-0.39, 0.29) is 11.3 Å². The number of nitrogens with one attached hydrogen (secondary N) is 1. The summed E-state index contributed by atoms with van der Waals surface area (Å²) < 4.78 is 0. The van der Waals surface area contributed by atoms with Crippen molar-refractivity contribution in [3.05, 3.63) is 56.3 Å². The van der Waals surface area contributed by atoms with Gasteiger partial charge in [-0.2, -0.15) is 16.6 Å². The van der Waals surface area contributed by atoms with Gasteiger partial charge in [0.1, 0.15) is 11.6 Å². The predicted molar refractivity (Wildman–Crippen MR) is 69.5 cm³/mol. The summed E-state index contributed by atoms with van der Waals surface area (Å²) in [5.41, 5.74) is 1.73. The van der Waals surface area contributed by atoms with Crippen molar-refractivity contribution < 1.29 is 4.92 Å². The van der Waals surface area contributed by atoms with Gasteiger partial charge < -0.3 is 5.32 Å². The molecule has 0 unspecified atom stereocenters. The van der Waals surface area contributed by atoms with Crippen LogP contribution in [0.2, 0.25) is 0 Å². The third-order valence-electron chi connectivity index (χ3n) is 2.39. The fourth-order valence-electron chi connectivity index (χ4n) is 1.49. The van der Waals surface area contributed by atoms with Crippen molar-refractivity contribution in [2.75, 3.05) is 5.32 Å². The van der Waals surface area contributed by atoms with Gasteiger partial charge in [-0.25, -0.2) is 0 Å². The molecule has 0 radical (unpaired) electrons. The van der Waals surface area contributed by atoms with Crippen LogP contribution >= 0.6 is 11.3 Å². The molecule has 0 aliphatic heterocycles. The molecule has 6 heteroatoms. The average molecular weight is 259 g/mol. The zero-order valence-corrected chi connectivity index (χ0v) is 10.1. The molecule has 1 N–H and O–H groups in total. The Hall–Kier alpha value is -2.39. The summed E-state index contributed by atoms with van der Waals surface area (Å²) >= 11 is 1.61. The van der Waals surface area contributed by atoms with Gasteiger partial charge in [0.05, 0.1) is 4.92 Å². The maximum Gasteiger partial charge on any atom is 0.287 e. The van der Waals surface area contributed by atoms with Crippen molar-refractivity contribution in [3.8, 4) is 6.07 Å². The molecule has 0 spiro atoms. The molecule has 2 rings (SSSR count). The van der Waals surface area contributed by atoms with Crippen LogP contribution in [-0.2, 0) is 6.54 Å². The second-order valence-electron chi connectivity index (χ2n) is 3.59. The van der Waals surface area contributed by atoms with Gasteiger partial charge in [-0.1, -0.05) is 0 Å². The Kier molecular flexibility index (Phi) is 3.55. The van der Waals surface area contributed by atoms with E-state index in [1.807, 2.05) is 22.9 Å². The molecule has 5 nitrogen and oxygen atoms in total. The van der Waals surface area contributed by atoms with E-state index in [9.17, 15) is 10.1 Å². The molecular formula is C12H9N3O2S. The molecular weight excluding hydrogens is 250 g/mol. The minimum Gasteiger partial charge on any atom is -0.381 e. The maximum atomic E-state index is 10.7. The van der Waals surface area contributed by atoms with Gasteiger partial charge in [0.15, 0.2) is 0 Å². The van der Waals surface area contributed by atoms with Gasteiger partial charge in [-0.15, -0.1) is 0 Å². The summed E-state index contributed by atoms with van der Waals surface area (Å²) in [7, 11) is 0. The van der Waals surface area contributed by atoms with Crippen LogP contribution in [0.15, 0.2) is 35.0 Å². The Morgan fingerprint density at radius 3 is 2.89 bits per heavy atom. The Morgan fingerprint density at radius 1 is 1.44 bits per heavy atom. The van der Waals surface area contributed by atoms with Crippen LogP contribution in [0.4, 0.5) is 11.4 Å². The molecule has 0 saturated heterocycles. The van der Waals surface area contributed by atoms with E-state index < -0.39 is 4.92 Å². The van der Waals surface area contributed by atoms with Crippen LogP contribution in [0.5, 0.6) is 0 Å². The fraction of sp³-hybridized carbons (Fsp3) is 0.0833. The molecule has 18 heavy (non-hydrogen) atoms. The number of nitriles is 1. The number of hydrogen-bond acceptors (Lipinski definition) is 5. The molecule has 0 fully saturated rings. The molecule has 1 heterocycles. The molecule has 0 saturated carbocycles. The Bertz CT molecular complexity index is 602. The number of hydrogen-bond donors (Lipinski definition) is 1. The third kappa shape index (κ3) is 2.64. The standard InChI is InChI=1S/C12H9N3O2S/c13-6-10-5-11(1-2-12(10)15(16)17)14-7-9-3-4-18-8-9/h1-5,8,14H,7H2. The first-order valence-corrected chi connectivity index (χ1v) is 6.08. The topological polar surface area (TPSA) is 79.0 Å². The first kappa shape index (κ1) is 12.1. The van der Waals surface area contributed by atoms with Crippen molar-refractivity contribution in [1.82, 2.24) is 0 Å².